The number of hydrogen-bond acceptors (Lipinski definition) is 5. The first-order chi connectivity index (χ1) is 20.7. The lowest BCUT2D eigenvalue weighted by molar-refractivity contribution is -0.115. The summed E-state index contributed by atoms with van der Waals surface area (Å²) in [4.78, 5) is 47.9. The van der Waals surface area contributed by atoms with E-state index in [1.54, 1.807) is 17.0 Å². The van der Waals surface area contributed by atoms with Crippen LogP contribution in [0.4, 0.5) is 16.2 Å². The molecule has 0 radical (unpaired) electrons. The Labute approximate surface area is 264 Å². The van der Waals surface area contributed by atoms with Gasteiger partial charge in [0.05, 0.1) is 17.4 Å². The van der Waals surface area contributed by atoms with Crippen LogP contribution in [0.3, 0.4) is 0 Å². The zero-order chi connectivity index (χ0) is 30.9. The fourth-order valence-electron chi connectivity index (χ4n) is 5.77. The number of nitrogens with one attached hydrogen (secondary N) is 2. The highest BCUT2D eigenvalue weighted by Gasteiger charge is 2.34. The van der Waals surface area contributed by atoms with E-state index >= 15 is 0 Å². The van der Waals surface area contributed by atoms with Gasteiger partial charge < -0.3 is 30.2 Å². The van der Waals surface area contributed by atoms with Gasteiger partial charge in [0.2, 0.25) is 5.91 Å². The number of carbonyl (C=O) groups is 3. The molecule has 9 nitrogen and oxygen atoms in total. The Morgan fingerprint density at radius 1 is 1.02 bits per heavy atom. The number of thiocarbonyl (C=S) groups is 1. The first-order valence-corrected chi connectivity index (χ1v) is 16.0. The van der Waals surface area contributed by atoms with Crippen LogP contribution < -0.4 is 15.5 Å². The number of rotatable bonds is 4. The molecule has 0 aromatic heterocycles. The summed E-state index contributed by atoms with van der Waals surface area (Å²) < 4.78 is 0. The topological polar surface area (TPSA) is 88.2 Å². The lowest BCUT2D eigenvalue weighted by Gasteiger charge is -2.32. The van der Waals surface area contributed by atoms with Crippen molar-refractivity contribution in [2.45, 2.75) is 65.5 Å². The van der Waals surface area contributed by atoms with Gasteiger partial charge in [-0.1, -0.05) is 50.7 Å². The normalized spacial score (nSPS) is 18.9. The predicted octanol–water partition coefficient (Wildman–Crippen LogP) is 5.53. The van der Waals surface area contributed by atoms with Crippen molar-refractivity contribution in [3.05, 3.63) is 59.2 Å². The van der Waals surface area contributed by atoms with Crippen LogP contribution in [-0.2, 0) is 11.3 Å². The highest BCUT2D eigenvalue weighted by atomic mass is 32.1. The van der Waals surface area contributed by atoms with Crippen LogP contribution in [-0.4, -0.2) is 89.9 Å². The first-order valence-electron chi connectivity index (χ1n) is 15.6. The van der Waals surface area contributed by atoms with Crippen LogP contribution in [0.5, 0.6) is 0 Å². The molecule has 3 aliphatic heterocycles. The fraction of sp³-hybridized carbons (Fsp3) is 0.515. The number of urea groups is 1. The van der Waals surface area contributed by atoms with Crippen molar-refractivity contribution >= 4 is 46.4 Å². The molecule has 43 heavy (non-hydrogen) atoms. The number of nitrogens with zero attached hydrogens (tertiary/aromatic N) is 4. The molecule has 0 aliphatic carbocycles. The molecule has 2 fully saturated rings. The van der Waals surface area contributed by atoms with Crippen molar-refractivity contribution < 1.29 is 17.2 Å². The minimum atomic E-state index is -0.157. The number of aryl methyl sites for hydroxylation is 1. The zero-order valence-corrected chi connectivity index (χ0v) is 26.8. The zero-order valence-electron chi connectivity index (χ0n) is 26.0. The van der Waals surface area contributed by atoms with Gasteiger partial charge in [-0.3, -0.25) is 9.59 Å². The predicted molar refractivity (Wildman–Crippen MR) is 181 cm³/mol. The maximum Gasteiger partial charge on any atom is 0.318 e. The second-order valence-electron chi connectivity index (χ2n) is 11.6. The summed E-state index contributed by atoms with van der Waals surface area (Å²) in [6.45, 7) is 11.5. The molecule has 0 bridgehead atoms. The lowest BCUT2D eigenvalue weighted by Crippen LogP contribution is -2.50. The van der Waals surface area contributed by atoms with E-state index in [0.29, 0.717) is 36.6 Å². The average Bonchev–Trinajstić information content (AvgIpc) is 3.30. The number of amides is 4. The van der Waals surface area contributed by atoms with Crippen LogP contribution in [0.1, 0.15) is 70.3 Å². The first kappa shape index (κ1) is 32.4. The van der Waals surface area contributed by atoms with Crippen molar-refractivity contribution in [1.82, 2.24) is 20.0 Å². The van der Waals surface area contributed by atoms with Crippen LogP contribution in [0.2, 0.25) is 0 Å². The Morgan fingerprint density at radius 3 is 2.56 bits per heavy atom. The molecular weight excluding hydrogens is 560 g/mol. The van der Waals surface area contributed by atoms with Crippen LogP contribution >= 0.6 is 12.2 Å². The molecule has 3 aliphatic rings. The van der Waals surface area contributed by atoms with Gasteiger partial charge in [0.15, 0.2) is 0 Å². The molecular formula is C33H50N6O3S. The summed E-state index contributed by atoms with van der Waals surface area (Å²) in [5, 5.41) is 5.96. The van der Waals surface area contributed by atoms with E-state index < -0.39 is 0 Å². The van der Waals surface area contributed by atoms with Crippen molar-refractivity contribution in [3.63, 3.8) is 0 Å². The second-order valence-corrected chi connectivity index (χ2v) is 12.0. The second kappa shape index (κ2) is 15.3. The number of likely N-dealkylation sites (tertiary alicyclic amines) is 1. The van der Waals surface area contributed by atoms with E-state index in [9.17, 15) is 14.4 Å². The van der Waals surface area contributed by atoms with Gasteiger partial charge in [-0.15, -0.1) is 0 Å². The molecule has 2 aromatic carbocycles. The van der Waals surface area contributed by atoms with Gasteiger partial charge in [-0.05, 0) is 75.2 Å². The lowest BCUT2D eigenvalue weighted by atomic mass is 10.0. The molecule has 10 heteroatoms. The van der Waals surface area contributed by atoms with E-state index in [-0.39, 0.29) is 33.2 Å². The standard InChI is InChI=1S/C30H38N6O3S.C3H8.2H2/c1-21-19-22(28(38)35-16-12-27(37)32-24-7-3-4-8-25(24)35)10-11-23(21)20-31-30(39)36-15-5-9-26(36)29(40)34-14-6-13-33(2)17-18-34;1-3-2;;/h3-4,7-8,10-11,19,26H,5-6,9,12-18,20H2,1-2H3,(H,31,39)(H,32,37);3H2,1-2H3;2*1H/t26-;;;/m0.../s1. The van der Waals surface area contributed by atoms with Gasteiger partial charge in [-0.2, -0.15) is 0 Å². The Hall–Kier alpha value is -3.50. The number of hydrogen-bond donors (Lipinski definition) is 2. The van der Waals surface area contributed by atoms with Crippen molar-refractivity contribution in [2.24, 2.45) is 0 Å². The number of fused-ring (bicyclic) bond motifs is 1. The Kier molecular flexibility index (Phi) is 11.5. The summed E-state index contributed by atoms with van der Waals surface area (Å²) in [7, 11) is 2.14. The number of para-hydroxylation sites is 2. The molecule has 0 saturated carbocycles. The third kappa shape index (κ3) is 8.12. The van der Waals surface area contributed by atoms with E-state index in [2.05, 4.69) is 41.3 Å². The molecule has 5 rings (SSSR count). The maximum atomic E-state index is 13.5. The summed E-state index contributed by atoms with van der Waals surface area (Å²) in [5.74, 6) is -0.263. The third-order valence-corrected chi connectivity index (χ3v) is 8.66. The van der Waals surface area contributed by atoms with Crippen molar-refractivity contribution in [3.8, 4) is 0 Å². The molecule has 0 unspecified atom stereocenters. The van der Waals surface area contributed by atoms with Gasteiger partial charge >= 0.3 is 6.03 Å². The van der Waals surface area contributed by atoms with E-state index in [1.807, 2.05) is 42.2 Å². The summed E-state index contributed by atoms with van der Waals surface area (Å²) in [6.07, 6.45) is 4.41. The van der Waals surface area contributed by atoms with E-state index in [1.165, 1.54) is 6.42 Å². The largest absolute Gasteiger partial charge is 0.363 e. The molecule has 4 amide bonds. The van der Waals surface area contributed by atoms with Gasteiger partial charge in [0.25, 0.3) is 5.91 Å². The highest BCUT2D eigenvalue weighted by molar-refractivity contribution is 7.80. The van der Waals surface area contributed by atoms with Crippen LogP contribution in [0, 0.1) is 6.92 Å². The Morgan fingerprint density at radius 2 is 1.79 bits per heavy atom. The summed E-state index contributed by atoms with van der Waals surface area (Å²) in [5.41, 5.74) is 3.75. The quantitative estimate of drug-likeness (QED) is 0.443. The molecule has 2 aromatic rings. The number of anilines is 2. The van der Waals surface area contributed by atoms with Gasteiger partial charge in [0, 0.05) is 54.1 Å². The molecule has 236 valence electrons. The number of benzene rings is 2. The monoisotopic (exact) mass is 610 g/mol. The average molecular weight is 611 g/mol. The number of likely N-dealkylation sites (N-methyl/N-ethyl adjacent to an activating group) is 1. The minimum Gasteiger partial charge on any atom is -0.363 e. The van der Waals surface area contributed by atoms with Crippen LogP contribution in [0.15, 0.2) is 42.5 Å². The smallest absolute Gasteiger partial charge is 0.318 e. The maximum absolute atomic E-state index is 13.5. The third-order valence-electron chi connectivity index (χ3n) is 8.13. The van der Waals surface area contributed by atoms with E-state index in [4.69, 9.17) is 12.2 Å². The summed E-state index contributed by atoms with van der Waals surface area (Å²) in [6, 6.07) is 12.8. The van der Waals surface area contributed by atoms with Crippen molar-refractivity contribution in [2.75, 3.05) is 56.5 Å². The minimum absolute atomic E-state index is 0. The van der Waals surface area contributed by atoms with Gasteiger partial charge in [0.1, 0.15) is 4.99 Å². The highest BCUT2D eigenvalue weighted by Crippen LogP contribution is 2.30. The fourth-order valence-corrected chi connectivity index (χ4v) is 6.20. The molecule has 1 atom stereocenters. The van der Waals surface area contributed by atoms with E-state index in [0.717, 1.165) is 61.6 Å². The molecule has 3 heterocycles. The Balaban J connectivity index is 0.00000136. The van der Waals surface area contributed by atoms with Crippen molar-refractivity contribution in [1.29, 1.82) is 0 Å². The SMILES string of the molecule is CCC.Cc1cc(C(=O)N2CCC(=O)Nc3ccccc32)ccc1CNC(=O)N1CCC[C@H]1C(=S)N1CCCN(C)CC1.[HH].[HH]. The Bertz CT molecular complexity index is 1330. The van der Waals surface area contributed by atoms with Gasteiger partial charge in [-0.25, -0.2) is 4.79 Å². The summed E-state index contributed by atoms with van der Waals surface area (Å²) >= 11 is 5.89. The molecule has 0 spiro atoms. The number of carbonyl (C=O) groups excluding carboxylic acids is 3. The molecule has 2 saturated heterocycles. The van der Waals surface area contributed by atoms with Crippen LogP contribution in [0.25, 0.3) is 0 Å². The molecule has 2 N–H and O–H groups in total.